The lowest BCUT2D eigenvalue weighted by molar-refractivity contribution is 0.0614. The number of halogens is 2. The number of carbonyl (C=O) groups is 1. The minimum Gasteiger partial charge on any atom is -0.494 e. The molecule has 0 aliphatic carbocycles. The van der Waals surface area contributed by atoms with E-state index < -0.39 is 5.41 Å². The van der Waals surface area contributed by atoms with Crippen molar-refractivity contribution in [1.82, 2.24) is 9.47 Å². The van der Waals surface area contributed by atoms with Crippen molar-refractivity contribution in [2.75, 3.05) is 44.2 Å². The van der Waals surface area contributed by atoms with Crippen molar-refractivity contribution in [1.29, 1.82) is 0 Å². The van der Waals surface area contributed by atoms with Crippen molar-refractivity contribution < 1.29 is 9.53 Å². The molecule has 0 saturated carbocycles. The van der Waals surface area contributed by atoms with E-state index in [4.69, 9.17) is 27.9 Å². The van der Waals surface area contributed by atoms with Gasteiger partial charge in [0.2, 0.25) is 5.91 Å². The minimum absolute atomic E-state index is 0.0846. The molecule has 0 spiro atoms. The first-order valence-electron chi connectivity index (χ1n) is 15.0. The normalized spacial score (nSPS) is 15.7. The summed E-state index contributed by atoms with van der Waals surface area (Å²) in [5, 5.41) is 2.05. The first-order chi connectivity index (χ1) is 19.8. The van der Waals surface area contributed by atoms with Crippen molar-refractivity contribution in [2.24, 2.45) is 16.7 Å². The summed E-state index contributed by atoms with van der Waals surface area (Å²) in [5.74, 6) is 0.594. The average Bonchev–Trinajstić information content (AvgIpc) is 2.93. The maximum Gasteiger partial charge on any atom is 0.257 e. The average molecular weight is 615 g/mol. The van der Waals surface area contributed by atoms with Crippen LogP contribution in [0.2, 0.25) is 10.0 Å². The number of fused-ring (bicyclic) bond motifs is 1. The molecule has 42 heavy (non-hydrogen) atoms. The largest absolute Gasteiger partial charge is 0.494 e. The summed E-state index contributed by atoms with van der Waals surface area (Å²) in [6, 6.07) is 14.7. The lowest BCUT2D eigenvalue weighted by Crippen LogP contribution is -2.46. The Morgan fingerprint density at radius 1 is 0.952 bits per heavy atom. The van der Waals surface area contributed by atoms with E-state index in [0.29, 0.717) is 27.9 Å². The molecule has 0 bridgehead atoms. The topological polar surface area (TPSA) is 54.8 Å². The summed E-state index contributed by atoms with van der Waals surface area (Å²) in [4.78, 5) is 31.6. The van der Waals surface area contributed by atoms with Gasteiger partial charge in [-0.25, -0.2) is 4.57 Å². The Kier molecular flexibility index (Phi) is 10.3. The van der Waals surface area contributed by atoms with Gasteiger partial charge in [-0.2, -0.15) is 0 Å². The first-order valence-corrected chi connectivity index (χ1v) is 15.8. The summed E-state index contributed by atoms with van der Waals surface area (Å²) < 4.78 is 7.44. The van der Waals surface area contributed by atoms with Gasteiger partial charge in [-0.15, -0.1) is 0 Å². The molecular formula is C34H45Cl2N3O3. The number of hydrogen-bond donors (Lipinski definition) is 0. The summed E-state index contributed by atoms with van der Waals surface area (Å²) in [6.45, 7) is 17.9. The van der Waals surface area contributed by atoms with Crippen LogP contribution in [0, 0.1) is 16.7 Å². The molecule has 8 heteroatoms. The molecule has 2 aromatic carbocycles. The molecule has 4 rings (SSSR count). The van der Waals surface area contributed by atoms with Gasteiger partial charge < -0.3 is 9.64 Å². The smallest absolute Gasteiger partial charge is 0.257 e. The molecule has 0 N–H and O–H groups in total. The van der Waals surface area contributed by atoms with E-state index in [-0.39, 0.29) is 22.8 Å². The number of pyridine rings is 1. The zero-order valence-electron chi connectivity index (χ0n) is 25.9. The molecule has 1 aromatic heterocycles. The van der Waals surface area contributed by atoms with Gasteiger partial charge in [0.15, 0.2) is 0 Å². The van der Waals surface area contributed by atoms with Crippen molar-refractivity contribution in [3.63, 3.8) is 0 Å². The summed E-state index contributed by atoms with van der Waals surface area (Å²) in [6.07, 6.45) is 2.82. The van der Waals surface area contributed by atoms with E-state index in [9.17, 15) is 9.59 Å². The fourth-order valence-electron chi connectivity index (χ4n) is 5.76. The number of unbranched alkanes of at least 4 members (excludes halogenated alkanes) is 1. The molecule has 0 radical (unpaired) electrons. The Bertz CT molecular complexity index is 1450. The van der Waals surface area contributed by atoms with E-state index >= 15 is 0 Å². The van der Waals surface area contributed by atoms with Gasteiger partial charge in [0.05, 0.1) is 27.9 Å². The fourth-order valence-corrected chi connectivity index (χ4v) is 6.18. The van der Waals surface area contributed by atoms with Crippen molar-refractivity contribution >= 4 is 45.7 Å². The third-order valence-corrected chi connectivity index (χ3v) is 9.36. The predicted octanol–water partition coefficient (Wildman–Crippen LogP) is 8.03. The lowest BCUT2D eigenvalue weighted by atomic mass is 9.71. The molecule has 1 aliphatic heterocycles. The maximum atomic E-state index is 13.8. The Labute approximate surface area is 260 Å². The number of anilines is 1. The number of piperazine rings is 1. The van der Waals surface area contributed by atoms with Crippen LogP contribution in [0.4, 0.5) is 5.69 Å². The Morgan fingerprint density at radius 2 is 1.64 bits per heavy atom. The maximum absolute atomic E-state index is 13.8. The highest BCUT2D eigenvalue weighted by Crippen LogP contribution is 2.38. The molecule has 1 atom stereocenters. The number of ether oxygens (including phenoxy) is 1. The number of nitrogens with zero attached hydrogens (tertiary/aromatic N) is 3. The van der Waals surface area contributed by atoms with Crippen molar-refractivity contribution in [3.8, 4) is 5.75 Å². The molecule has 1 saturated heterocycles. The summed E-state index contributed by atoms with van der Waals surface area (Å²) >= 11 is 12.6. The standard InChI is InChI=1S/C34H45Cl2N3O3/c1-24(23-33(2,3)4)34(5,6)32(41)39-29-22-26(14-12-25(29)13-15-30(39)40)42-21-8-7-16-37-17-19-38(20-18-37)28-11-9-10-27(35)31(28)36/h9-15,22,24H,7-8,16-21,23H2,1-6H3. The zero-order valence-corrected chi connectivity index (χ0v) is 27.4. The minimum atomic E-state index is -0.700. The third-order valence-electron chi connectivity index (χ3n) is 8.56. The van der Waals surface area contributed by atoms with E-state index in [0.717, 1.165) is 63.1 Å². The van der Waals surface area contributed by atoms with Gasteiger partial charge in [0, 0.05) is 43.7 Å². The highest BCUT2D eigenvalue weighted by molar-refractivity contribution is 6.43. The second-order valence-electron chi connectivity index (χ2n) is 13.4. The van der Waals surface area contributed by atoms with Crippen LogP contribution in [-0.2, 0) is 0 Å². The molecule has 2 heterocycles. The van der Waals surface area contributed by atoms with Crippen LogP contribution in [0.3, 0.4) is 0 Å². The Hall–Kier alpha value is -2.54. The third kappa shape index (κ3) is 7.69. The van der Waals surface area contributed by atoms with Crippen LogP contribution >= 0.6 is 23.2 Å². The molecule has 0 amide bonds. The van der Waals surface area contributed by atoms with Crippen LogP contribution in [-0.4, -0.2) is 54.7 Å². The van der Waals surface area contributed by atoms with Crippen LogP contribution < -0.4 is 15.2 Å². The molecule has 228 valence electrons. The van der Waals surface area contributed by atoms with Crippen LogP contribution in [0.15, 0.2) is 53.3 Å². The van der Waals surface area contributed by atoms with Gasteiger partial charge in [0.1, 0.15) is 5.75 Å². The number of aromatic nitrogens is 1. The first kappa shape index (κ1) is 32.4. The van der Waals surface area contributed by atoms with Gasteiger partial charge in [-0.1, -0.05) is 70.8 Å². The molecule has 1 aliphatic rings. The predicted molar refractivity (Wildman–Crippen MR) is 176 cm³/mol. The van der Waals surface area contributed by atoms with E-state index in [2.05, 4.69) is 37.5 Å². The SMILES string of the molecule is CC(CC(C)(C)C)C(C)(C)C(=O)n1c(=O)ccc2ccc(OCCCCN3CCN(c4cccc(Cl)c4Cl)CC3)cc21. The van der Waals surface area contributed by atoms with E-state index in [1.807, 2.05) is 50.2 Å². The van der Waals surface area contributed by atoms with E-state index in [1.165, 1.54) is 10.6 Å². The molecule has 6 nitrogen and oxygen atoms in total. The number of rotatable bonds is 10. The van der Waals surface area contributed by atoms with Crippen molar-refractivity contribution in [3.05, 3.63) is 68.9 Å². The molecule has 1 fully saturated rings. The van der Waals surface area contributed by atoms with Gasteiger partial charge >= 0.3 is 0 Å². The van der Waals surface area contributed by atoms with E-state index in [1.54, 1.807) is 6.07 Å². The number of benzene rings is 2. The van der Waals surface area contributed by atoms with Gasteiger partial charge in [0.25, 0.3) is 5.56 Å². The zero-order chi connectivity index (χ0) is 30.7. The second-order valence-corrected chi connectivity index (χ2v) is 14.2. The van der Waals surface area contributed by atoms with Gasteiger partial charge in [-0.3, -0.25) is 14.5 Å². The van der Waals surface area contributed by atoms with Crippen molar-refractivity contribution in [2.45, 2.75) is 60.8 Å². The summed E-state index contributed by atoms with van der Waals surface area (Å²) in [5.41, 5.74) is 0.676. The molecular weight excluding hydrogens is 569 g/mol. The molecule has 3 aromatic rings. The quantitative estimate of drug-likeness (QED) is 0.217. The highest BCUT2D eigenvalue weighted by atomic mass is 35.5. The molecule has 1 unspecified atom stereocenters. The highest BCUT2D eigenvalue weighted by Gasteiger charge is 2.37. The number of hydrogen-bond acceptors (Lipinski definition) is 5. The van der Waals surface area contributed by atoms with Crippen LogP contribution in [0.5, 0.6) is 5.75 Å². The number of carbonyl (C=O) groups excluding carboxylic acids is 1. The Morgan fingerprint density at radius 3 is 2.33 bits per heavy atom. The van der Waals surface area contributed by atoms with Crippen LogP contribution in [0.1, 0.15) is 65.6 Å². The van der Waals surface area contributed by atoms with Gasteiger partial charge in [-0.05, 0) is 72.9 Å². The Balaban J connectivity index is 1.33. The monoisotopic (exact) mass is 613 g/mol. The summed E-state index contributed by atoms with van der Waals surface area (Å²) in [7, 11) is 0. The van der Waals surface area contributed by atoms with Crippen LogP contribution in [0.25, 0.3) is 10.9 Å². The second kappa shape index (κ2) is 13.4. The lowest BCUT2D eigenvalue weighted by Gasteiger charge is -2.36. The fraction of sp³-hybridized carbons (Fsp3) is 0.529.